The van der Waals surface area contributed by atoms with Crippen molar-refractivity contribution >= 4 is 21.6 Å². The van der Waals surface area contributed by atoms with Gasteiger partial charge in [-0.1, -0.05) is 23.5 Å². The van der Waals surface area contributed by atoms with Crippen LogP contribution in [0.2, 0.25) is 0 Å². The summed E-state index contributed by atoms with van der Waals surface area (Å²) < 4.78 is 19.5. The Morgan fingerprint density at radius 2 is 1.70 bits per heavy atom. The van der Waals surface area contributed by atoms with Crippen molar-refractivity contribution in [2.75, 3.05) is 40.1 Å². The van der Waals surface area contributed by atoms with Crippen LogP contribution < -0.4 is 4.57 Å². The number of rotatable bonds is 9. The second-order valence-electron chi connectivity index (χ2n) is 4.46. The molecule has 0 fully saturated rings. The molecule has 0 N–H and O–H groups in total. The third-order valence-electron chi connectivity index (χ3n) is 3.06. The van der Waals surface area contributed by atoms with Gasteiger partial charge >= 0.3 is 0 Å². The third kappa shape index (κ3) is 4.24. The summed E-state index contributed by atoms with van der Waals surface area (Å²) in [4.78, 5) is 0. The zero-order valence-electron chi connectivity index (χ0n) is 12.1. The van der Waals surface area contributed by atoms with Crippen molar-refractivity contribution in [3.8, 4) is 0 Å². The highest BCUT2D eigenvalue weighted by molar-refractivity contribution is 7.18. The van der Waals surface area contributed by atoms with Gasteiger partial charge in [0.15, 0.2) is 6.54 Å². The van der Waals surface area contributed by atoms with E-state index >= 15 is 0 Å². The van der Waals surface area contributed by atoms with Crippen LogP contribution in [0.1, 0.15) is 5.01 Å². The first kappa shape index (κ1) is 15.4. The van der Waals surface area contributed by atoms with Gasteiger partial charge in [-0.15, -0.1) is 0 Å². The number of thiazole rings is 1. The van der Waals surface area contributed by atoms with E-state index in [1.54, 1.807) is 7.11 Å². The van der Waals surface area contributed by atoms with E-state index in [0.29, 0.717) is 33.0 Å². The summed E-state index contributed by atoms with van der Waals surface area (Å²) in [6.45, 7) is 6.26. The van der Waals surface area contributed by atoms with E-state index in [4.69, 9.17) is 14.2 Å². The third-order valence-corrected chi connectivity index (χ3v) is 4.14. The summed E-state index contributed by atoms with van der Waals surface area (Å²) in [5, 5.41) is 1.31. The lowest BCUT2D eigenvalue weighted by Gasteiger charge is -2.04. The van der Waals surface area contributed by atoms with Gasteiger partial charge in [0.2, 0.25) is 10.5 Å². The molecular formula is C15H22NO3S+. The predicted octanol–water partition coefficient (Wildman–Crippen LogP) is 2.18. The molecule has 0 aliphatic heterocycles. The average molecular weight is 296 g/mol. The number of aromatic nitrogens is 1. The first-order chi connectivity index (χ1) is 9.83. The smallest absolute Gasteiger partial charge is 0.235 e. The van der Waals surface area contributed by atoms with Crippen molar-refractivity contribution in [1.82, 2.24) is 0 Å². The van der Waals surface area contributed by atoms with E-state index in [9.17, 15) is 0 Å². The van der Waals surface area contributed by atoms with E-state index < -0.39 is 0 Å². The molecule has 20 heavy (non-hydrogen) atoms. The van der Waals surface area contributed by atoms with Gasteiger partial charge in [-0.05, 0) is 6.07 Å². The molecule has 0 atom stereocenters. The fourth-order valence-electron chi connectivity index (χ4n) is 2.05. The monoisotopic (exact) mass is 296 g/mol. The fourth-order valence-corrected chi connectivity index (χ4v) is 3.10. The standard InChI is InChI=1S/C15H22NO3S/c1-13-16(14-5-3-4-6-15(14)20-13)7-8-18-11-12-19-10-9-17-2/h3-6H,7-12H2,1-2H3/q+1. The number of fused-ring (bicyclic) bond motifs is 1. The number of methoxy groups -OCH3 is 1. The van der Waals surface area contributed by atoms with Gasteiger partial charge in [-0.3, -0.25) is 0 Å². The van der Waals surface area contributed by atoms with Crippen LogP contribution in [0.15, 0.2) is 24.3 Å². The van der Waals surface area contributed by atoms with Crippen LogP contribution in [-0.4, -0.2) is 40.1 Å². The summed E-state index contributed by atoms with van der Waals surface area (Å²) in [5.41, 5.74) is 1.29. The minimum atomic E-state index is 0.622. The van der Waals surface area contributed by atoms with Crippen LogP contribution in [0.25, 0.3) is 10.2 Å². The Morgan fingerprint density at radius 1 is 1.00 bits per heavy atom. The summed E-state index contributed by atoms with van der Waals surface area (Å²) in [5.74, 6) is 0. The van der Waals surface area contributed by atoms with Crippen molar-refractivity contribution in [1.29, 1.82) is 0 Å². The van der Waals surface area contributed by atoms with Crippen LogP contribution in [0, 0.1) is 6.92 Å². The molecule has 0 saturated heterocycles. The quantitative estimate of drug-likeness (QED) is 0.525. The van der Waals surface area contributed by atoms with Gasteiger partial charge in [0.05, 0.1) is 26.4 Å². The topological polar surface area (TPSA) is 31.6 Å². The number of ether oxygens (including phenoxy) is 3. The van der Waals surface area contributed by atoms with Gasteiger partial charge in [0.1, 0.15) is 11.3 Å². The molecule has 2 aromatic rings. The van der Waals surface area contributed by atoms with Gasteiger partial charge in [-0.2, -0.15) is 4.57 Å². The van der Waals surface area contributed by atoms with Crippen molar-refractivity contribution in [3.63, 3.8) is 0 Å². The molecule has 4 nitrogen and oxygen atoms in total. The SMILES string of the molecule is COCCOCCOCC[n+]1c(C)sc2ccccc21. The summed E-state index contributed by atoms with van der Waals surface area (Å²) in [7, 11) is 1.67. The zero-order valence-corrected chi connectivity index (χ0v) is 12.9. The summed E-state index contributed by atoms with van der Waals surface area (Å²) in [6, 6.07) is 8.48. The molecule has 1 aromatic heterocycles. The second kappa shape index (κ2) is 8.32. The Bertz CT molecular complexity index is 527. The zero-order chi connectivity index (χ0) is 14.2. The Kier molecular flexibility index (Phi) is 6.39. The molecule has 1 aromatic carbocycles. The summed E-state index contributed by atoms with van der Waals surface area (Å²) in [6.07, 6.45) is 0. The molecule has 2 rings (SSSR count). The van der Waals surface area contributed by atoms with Crippen molar-refractivity contribution in [3.05, 3.63) is 29.3 Å². The minimum absolute atomic E-state index is 0.622. The van der Waals surface area contributed by atoms with Crippen molar-refractivity contribution in [2.45, 2.75) is 13.5 Å². The van der Waals surface area contributed by atoms with Crippen LogP contribution >= 0.6 is 11.3 Å². The fraction of sp³-hybridized carbons (Fsp3) is 0.533. The maximum atomic E-state index is 5.61. The minimum Gasteiger partial charge on any atom is -0.382 e. The molecule has 1 heterocycles. The predicted molar refractivity (Wildman–Crippen MR) is 80.3 cm³/mol. The highest BCUT2D eigenvalue weighted by Crippen LogP contribution is 2.18. The molecular weight excluding hydrogens is 274 g/mol. The Hall–Kier alpha value is -1.01. The van der Waals surface area contributed by atoms with E-state index in [-0.39, 0.29) is 0 Å². The van der Waals surface area contributed by atoms with Gasteiger partial charge in [0, 0.05) is 20.1 Å². The van der Waals surface area contributed by atoms with E-state index in [0.717, 1.165) is 6.54 Å². The average Bonchev–Trinajstić information content (AvgIpc) is 2.78. The highest BCUT2D eigenvalue weighted by atomic mass is 32.1. The summed E-state index contributed by atoms with van der Waals surface area (Å²) >= 11 is 1.82. The number of para-hydroxylation sites is 1. The number of benzene rings is 1. The largest absolute Gasteiger partial charge is 0.382 e. The molecule has 0 bridgehead atoms. The normalized spacial score (nSPS) is 11.3. The lowest BCUT2D eigenvalue weighted by atomic mass is 10.3. The molecule has 110 valence electrons. The van der Waals surface area contributed by atoms with Gasteiger partial charge in [-0.25, -0.2) is 0 Å². The van der Waals surface area contributed by atoms with E-state index in [2.05, 4.69) is 35.8 Å². The Balaban J connectivity index is 1.72. The number of hydrogen-bond acceptors (Lipinski definition) is 4. The Labute approximate surface area is 123 Å². The molecule has 0 saturated carbocycles. The number of aryl methyl sites for hydroxylation is 1. The van der Waals surface area contributed by atoms with Crippen LogP contribution in [0.5, 0.6) is 0 Å². The van der Waals surface area contributed by atoms with Crippen LogP contribution in [0.3, 0.4) is 0 Å². The molecule has 0 unspecified atom stereocenters. The molecule has 0 aliphatic rings. The first-order valence-corrected chi connectivity index (χ1v) is 7.67. The van der Waals surface area contributed by atoms with Crippen molar-refractivity contribution in [2.24, 2.45) is 0 Å². The second-order valence-corrected chi connectivity index (χ2v) is 5.69. The van der Waals surface area contributed by atoms with Crippen molar-refractivity contribution < 1.29 is 18.8 Å². The van der Waals surface area contributed by atoms with Gasteiger partial charge in [0.25, 0.3) is 0 Å². The lowest BCUT2D eigenvalue weighted by molar-refractivity contribution is -0.674. The molecule has 0 spiro atoms. The Morgan fingerprint density at radius 3 is 2.50 bits per heavy atom. The van der Waals surface area contributed by atoms with Gasteiger partial charge < -0.3 is 14.2 Å². The van der Waals surface area contributed by atoms with E-state index in [1.165, 1.54) is 15.2 Å². The highest BCUT2D eigenvalue weighted by Gasteiger charge is 2.15. The maximum absolute atomic E-state index is 5.61. The number of hydrogen-bond donors (Lipinski definition) is 0. The molecule has 0 amide bonds. The van der Waals surface area contributed by atoms with Crippen LogP contribution in [0.4, 0.5) is 0 Å². The lowest BCUT2D eigenvalue weighted by Crippen LogP contribution is -2.37. The molecule has 0 aliphatic carbocycles. The van der Waals surface area contributed by atoms with E-state index in [1.807, 2.05) is 11.3 Å². The maximum Gasteiger partial charge on any atom is 0.235 e. The van der Waals surface area contributed by atoms with Crippen LogP contribution in [-0.2, 0) is 20.8 Å². The molecule has 0 radical (unpaired) electrons. The first-order valence-electron chi connectivity index (χ1n) is 6.85. The number of nitrogens with zero attached hydrogens (tertiary/aromatic N) is 1. The molecule has 5 heteroatoms.